The van der Waals surface area contributed by atoms with E-state index in [4.69, 9.17) is 0 Å². The summed E-state index contributed by atoms with van der Waals surface area (Å²) in [6, 6.07) is 17.1. The first-order chi connectivity index (χ1) is 13.1. The molecule has 1 N–H and O–H groups in total. The van der Waals surface area contributed by atoms with Crippen molar-refractivity contribution in [1.29, 1.82) is 0 Å². The van der Waals surface area contributed by atoms with Crippen LogP contribution in [0, 0.1) is 0 Å². The largest absolute Gasteiger partial charge is 0.326 e. The molecule has 0 aliphatic carbocycles. The van der Waals surface area contributed by atoms with Crippen LogP contribution in [-0.2, 0) is 17.6 Å². The number of anilines is 1. The zero-order chi connectivity index (χ0) is 19.1. The Balaban J connectivity index is 1.50. The predicted octanol–water partition coefficient (Wildman–Crippen LogP) is 4.86. The number of hydrogen-bond acceptors (Lipinski definition) is 5. The summed E-state index contributed by atoms with van der Waals surface area (Å²) in [5.74, 6) is 0.325. The van der Waals surface area contributed by atoms with E-state index in [9.17, 15) is 9.59 Å². The number of rotatable bonds is 8. The molecule has 0 unspecified atom stereocenters. The molecule has 3 aromatic rings. The standard InChI is InChI=1S/C21H20N2O2S2/c1-2-15-8-10-16(11-9-15)19(24)14-27-21-23-18(13-26-21)12-20(25)22-17-6-4-3-5-7-17/h3-11,13H,2,12,14H2,1H3,(H,22,25). The molecule has 3 rings (SSSR count). The molecule has 0 fully saturated rings. The van der Waals surface area contributed by atoms with Crippen LogP contribution >= 0.6 is 23.1 Å². The molecule has 0 spiro atoms. The molecular formula is C21H20N2O2S2. The van der Waals surface area contributed by atoms with Gasteiger partial charge in [0, 0.05) is 16.6 Å². The SMILES string of the molecule is CCc1ccc(C(=O)CSc2nc(CC(=O)Nc3ccccc3)cs2)cc1. The number of amides is 1. The van der Waals surface area contributed by atoms with E-state index in [-0.39, 0.29) is 18.1 Å². The molecule has 2 aromatic carbocycles. The normalized spacial score (nSPS) is 10.6. The number of aryl methyl sites for hydroxylation is 1. The number of carbonyl (C=O) groups excluding carboxylic acids is 2. The maximum Gasteiger partial charge on any atom is 0.230 e. The first kappa shape index (κ1) is 19.3. The molecule has 6 heteroatoms. The summed E-state index contributed by atoms with van der Waals surface area (Å²) in [4.78, 5) is 28.8. The molecule has 1 amide bonds. The van der Waals surface area contributed by atoms with E-state index in [1.807, 2.05) is 60.0 Å². The summed E-state index contributed by atoms with van der Waals surface area (Å²) in [6.45, 7) is 2.09. The van der Waals surface area contributed by atoms with Crippen LogP contribution in [-0.4, -0.2) is 22.4 Å². The Labute approximate surface area is 167 Å². The van der Waals surface area contributed by atoms with Crippen LogP contribution in [0.2, 0.25) is 0 Å². The molecule has 0 atom stereocenters. The third kappa shape index (κ3) is 5.77. The van der Waals surface area contributed by atoms with Gasteiger partial charge in [0.1, 0.15) is 0 Å². The van der Waals surface area contributed by atoms with E-state index < -0.39 is 0 Å². The Hall–Kier alpha value is -2.44. The average Bonchev–Trinajstić information content (AvgIpc) is 3.14. The summed E-state index contributed by atoms with van der Waals surface area (Å²) in [6.07, 6.45) is 1.18. The lowest BCUT2D eigenvalue weighted by Crippen LogP contribution is -2.14. The second-order valence-corrected chi connectivity index (χ2v) is 8.04. The molecule has 0 aliphatic rings. The van der Waals surface area contributed by atoms with Crippen LogP contribution in [0.3, 0.4) is 0 Å². The van der Waals surface area contributed by atoms with Gasteiger partial charge >= 0.3 is 0 Å². The van der Waals surface area contributed by atoms with Gasteiger partial charge in [0.15, 0.2) is 10.1 Å². The number of para-hydroxylation sites is 1. The minimum atomic E-state index is -0.102. The van der Waals surface area contributed by atoms with Gasteiger partial charge in [0.2, 0.25) is 5.91 Å². The number of carbonyl (C=O) groups is 2. The summed E-state index contributed by atoms with van der Waals surface area (Å²) in [7, 11) is 0. The van der Waals surface area contributed by atoms with Crippen molar-refractivity contribution in [1.82, 2.24) is 4.98 Å². The van der Waals surface area contributed by atoms with Crippen molar-refractivity contribution < 1.29 is 9.59 Å². The van der Waals surface area contributed by atoms with Gasteiger partial charge in [-0.1, -0.05) is 61.2 Å². The Bertz CT molecular complexity index is 905. The Morgan fingerprint density at radius 3 is 2.52 bits per heavy atom. The highest BCUT2D eigenvalue weighted by Gasteiger charge is 2.11. The van der Waals surface area contributed by atoms with Crippen LogP contribution < -0.4 is 5.32 Å². The quantitative estimate of drug-likeness (QED) is 0.436. The Kier molecular flexibility index (Phi) is 6.79. The van der Waals surface area contributed by atoms with E-state index >= 15 is 0 Å². The van der Waals surface area contributed by atoms with E-state index in [1.165, 1.54) is 28.7 Å². The highest BCUT2D eigenvalue weighted by atomic mass is 32.2. The number of thiazole rings is 1. The zero-order valence-corrected chi connectivity index (χ0v) is 16.6. The lowest BCUT2D eigenvalue weighted by molar-refractivity contribution is -0.115. The fourth-order valence-corrected chi connectivity index (χ4v) is 4.20. The maximum absolute atomic E-state index is 12.3. The molecule has 27 heavy (non-hydrogen) atoms. The van der Waals surface area contributed by atoms with Crippen LogP contribution in [0.25, 0.3) is 0 Å². The number of hydrogen-bond donors (Lipinski definition) is 1. The third-order valence-electron chi connectivity index (χ3n) is 3.94. The lowest BCUT2D eigenvalue weighted by atomic mass is 10.1. The zero-order valence-electron chi connectivity index (χ0n) is 15.0. The predicted molar refractivity (Wildman–Crippen MR) is 112 cm³/mol. The molecule has 138 valence electrons. The van der Waals surface area contributed by atoms with Gasteiger partial charge in [-0.2, -0.15) is 0 Å². The molecule has 0 saturated carbocycles. The Morgan fingerprint density at radius 2 is 1.81 bits per heavy atom. The fraction of sp³-hybridized carbons (Fsp3) is 0.190. The number of benzene rings is 2. The number of aromatic nitrogens is 1. The smallest absolute Gasteiger partial charge is 0.230 e. The number of thioether (sulfide) groups is 1. The summed E-state index contributed by atoms with van der Waals surface area (Å²) in [5, 5.41) is 4.71. The van der Waals surface area contributed by atoms with Crippen molar-refractivity contribution in [3.05, 3.63) is 76.8 Å². The number of ketones is 1. The van der Waals surface area contributed by atoms with Crippen molar-refractivity contribution in [3.8, 4) is 0 Å². The van der Waals surface area contributed by atoms with Gasteiger partial charge in [-0.25, -0.2) is 4.98 Å². The molecule has 0 bridgehead atoms. The van der Waals surface area contributed by atoms with E-state index in [0.717, 1.165) is 27.7 Å². The van der Waals surface area contributed by atoms with Crippen molar-refractivity contribution in [3.63, 3.8) is 0 Å². The van der Waals surface area contributed by atoms with Crippen molar-refractivity contribution in [2.24, 2.45) is 0 Å². The van der Waals surface area contributed by atoms with Crippen LogP contribution in [0.15, 0.2) is 64.3 Å². The highest BCUT2D eigenvalue weighted by Crippen LogP contribution is 2.24. The van der Waals surface area contributed by atoms with Crippen LogP contribution in [0.4, 0.5) is 5.69 Å². The summed E-state index contributed by atoms with van der Waals surface area (Å²) >= 11 is 2.87. The molecular weight excluding hydrogens is 376 g/mol. The fourth-order valence-electron chi connectivity index (χ4n) is 2.46. The Morgan fingerprint density at radius 1 is 1.07 bits per heavy atom. The monoisotopic (exact) mass is 396 g/mol. The molecule has 0 radical (unpaired) electrons. The van der Waals surface area contributed by atoms with E-state index in [1.54, 1.807) is 0 Å². The van der Waals surface area contributed by atoms with E-state index in [0.29, 0.717) is 5.75 Å². The molecule has 0 aliphatic heterocycles. The van der Waals surface area contributed by atoms with E-state index in [2.05, 4.69) is 17.2 Å². The van der Waals surface area contributed by atoms with Gasteiger partial charge in [0.05, 0.1) is 17.9 Å². The van der Waals surface area contributed by atoms with Gasteiger partial charge < -0.3 is 5.32 Å². The second kappa shape index (κ2) is 9.48. The van der Waals surface area contributed by atoms with Gasteiger partial charge in [-0.15, -0.1) is 11.3 Å². The molecule has 1 aromatic heterocycles. The van der Waals surface area contributed by atoms with Crippen molar-refractivity contribution in [2.45, 2.75) is 24.1 Å². The summed E-state index contributed by atoms with van der Waals surface area (Å²) < 4.78 is 0.802. The number of nitrogens with zero attached hydrogens (tertiary/aromatic N) is 1. The van der Waals surface area contributed by atoms with Gasteiger partial charge in [0.25, 0.3) is 0 Å². The van der Waals surface area contributed by atoms with Crippen molar-refractivity contribution >= 4 is 40.5 Å². The minimum absolute atomic E-state index is 0.0845. The second-order valence-electron chi connectivity index (χ2n) is 5.96. The molecule has 0 saturated heterocycles. The summed E-state index contributed by atoms with van der Waals surface area (Å²) in [5.41, 5.74) is 3.43. The molecule has 4 nitrogen and oxygen atoms in total. The first-order valence-corrected chi connectivity index (χ1v) is 10.5. The highest BCUT2D eigenvalue weighted by molar-refractivity contribution is 8.01. The minimum Gasteiger partial charge on any atom is -0.326 e. The van der Waals surface area contributed by atoms with Gasteiger partial charge in [-0.3, -0.25) is 9.59 Å². The van der Waals surface area contributed by atoms with Crippen LogP contribution in [0.5, 0.6) is 0 Å². The maximum atomic E-state index is 12.3. The number of nitrogens with one attached hydrogen (secondary N) is 1. The lowest BCUT2D eigenvalue weighted by Gasteiger charge is -2.03. The molecule has 1 heterocycles. The van der Waals surface area contributed by atoms with Crippen molar-refractivity contribution in [2.75, 3.05) is 11.1 Å². The van der Waals surface area contributed by atoms with Crippen LogP contribution in [0.1, 0.15) is 28.5 Å². The first-order valence-electron chi connectivity index (χ1n) is 8.68. The average molecular weight is 397 g/mol. The topological polar surface area (TPSA) is 59.1 Å². The third-order valence-corrected chi connectivity index (χ3v) is 6.01. The number of Topliss-reactive ketones (excluding diaryl/α,β-unsaturated/α-hetero) is 1. The van der Waals surface area contributed by atoms with Gasteiger partial charge in [-0.05, 0) is 24.1 Å².